The lowest BCUT2D eigenvalue weighted by molar-refractivity contribution is -0.00274. The molecule has 1 atom stereocenters. The van der Waals surface area contributed by atoms with Gasteiger partial charge in [0.25, 0.3) is 0 Å². The van der Waals surface area contributed by atoms with Crippen LogP contribution in [0.2, 0.25) is 0 Å². The lowest BCUT2D eigenvalue weighted by Crippen LogP contribution is -2.21. The van der Waals surface area contributed by atoms with E-state index in [2.05, 4.69) is 0 Å². The van der Waals surface area contributed by atoms with Crippen LogP contribution in [0.15, 0.2) is 30.3 Å². The van der Waals surface area contributed by atoms with Gasteiger partial charge in [-0.05, 0) is 26.3 Å². The van der Waals surface area contributed by atoms with Crippen molar-refractivity contribution >= 4 is 11.6 Å². The maximum absolute atomic E-state index is 6.19. The van der Waals surface area contributed by atoms with Crippen LogP contribution in [0.4, 0.5) is 0 Å². The van der Waals surface area contributed by atoms with E-state index in [1.807, 2.05) is 51.1 Å². The zero-order chi connectivity index (χ0) is 10.6. The Bertz CT molecular complexity index is 263. The molecule has 0 aliphatic heterocycles. The Kier molecular flexibility index (Phi) is 3.97. The van der Waals surface area contributed by atoms with Crippen LogP contribution in [0.1, 0.15) is 31.7 Å². The summed E-state index contributed by atoms with van der Waals surface area (Å²) in [6, 6.07) is 9.99. The number of alkyl halides is 1. The molecule has 0 heterocycles. The molecule has 0 radical (unpaired) electrons. The van der Waals surface area contributed by atoms with Crippen molar-refractivity contribution < 1.29 is 4.74 Å². The van der Waals surface area contributed by atoms with Crippen LogP contribution in [0.3, 0.4) is 0 Å². The molecule has 14 heavy (non-hydrogen) atoms. The number of benzene rings is 1. The molecule has 0 N–H and O–H groups in total. The summed E-state index contributed by atoms with van der Waals surface area (Å²) in [4.78, 5) is 0. The SMILES string of the molecule is CC(C)(C)OCC(Cl)c1ccccc1. The smallest absolute Gasteiger partial charge is 0.0819 e. The van der Waals surface area contributed by atoms with Gasteiger partial charge in [0.1, 0.15) is 0 Å². The van der Waals surface area contributed by atoms with E-state index in [4.69, 9.17) is 16.3 Å². The monoisotopic (exact) mass is 212 g/mol. The number of hydrogen-bond donors (Lipinski definition) is 0. The van der Waals surface area contributed by atoms with E-state index in [0.717, 1.165) is 5.56 Å². The van der Waals surface area contributed by atoms with Crippen LogP contribution in [-0.2, 0) is 4.74 Å². The average molecular weight is 213 g/mol. The second-order valence-corrected chi connectivity index (χ2v) is 4.83. The van der Waals surface area contributed by atoms with Crippen molar-refractivity contribution in [3.05, 3.63) is 35.9 Å². The largest absolute Gasteiger partial charge is 0.374 e. The first-order valence-corrected chi connectivity index (χ1v) is 5.26. The highest BCUT2D eigenvalue weighted by atomic mass is 35.5. The Morgan fingerprint density at radius 2 is 1.79 bits per heavy atom. The van der Waals surface area contributed by atoms with Crippen LogP contribution in [0.5, 0.6) is 0 Å². The average Bonchev–Trinajstić information content (AvgIpc) is 2.14. The van der Waals surface area contributed by atoms with Crippen molar-refractivity contribution in [3.8, 4) is 0 Å². The van der Waals surface area contributed by atoms with E-state index in [-0.39, 0.29) is 11.0 Å². The summed E-state index contributed by atoms with van der Waals surface area (Å²) in [6.45, 7) is 6.64. The first-order valence-electron chi connectivity index (χ1n) is 4.82. The molecule has 1 aromatic carbocycles. The summed E-state index contributed by atoms with van der Waals surface area (Å²) in [6.07, 6.45) is 0. The molecule has 0 fully saturated rings. The van der Waals surface area contributed by atoms with Gasteiger partial charge in [0.2, 0.25) is 0 Å². The number of halogens is 1. The van der Waals surface area contributed by atoms with Gasteiger partial charge < -0.3 is 4.74 Å². The minimum absolute atomic E-state index is 0.0598. The van der Waals surface area contributed by atoms with Crippen molar-refractivity contribution in [1.82, 2.24) is 0 Å². The Morgan fingerprint density at radius 3 is 2.29 bits per heavy atom. The molecular formula is C12H17ClO. The van der Waals surface area contributed by atoms with Gasteiger partial charge in [-0.15, -0.1) is 11.6 Å². The minimum Gasteiger partial charge on any atom is -0.374 e. The fourth-order valence-electron chi connectivity index (χ4n) is 1.08. The maximum Gasteiger partial charge on any atom is 0.0819 e. The van der Waals surface area contributed by atoms with Crippen LogP contribution < -0.4 is 0 Å². The summed E-state index contributed by atoms with van der Waals surface area (Å²) in [7, 11) is 0. The summed E-state index contributed by atoms with van der Waals surface area (Å²) in [5.41, 5.74) is 0.987. The Morgan fingerprint density at radius 1 is 1.21 bits per heavy atom. The van der Waals surface area contributed by atoms with Crippen molar-refractivity contribution in [2.24, 2.45) is 0 Å². The van der Waals surface area contributed by atoms with Gasteiger partial charge in [-0.3, -0.25) is 0 Å². The molecule has 0 aromatic heterocycles. The third-order valence-corrected chi connectivity index (χ3v) is 2.20. The third kappa shape index (κ3) is 4.12. The fourth-order valence-corrected chi connectivity index (χ4v) is 1.29. The van der Waals surface area contributed by atoms with E-state index < -0.39 is 0 Å². The minimum atomic E-state index is -0.123. The third-order valence-electron chi connectivity index (χ3n) is 1.82. The molecule has 0 bridgehead atoms. The van der Waals surface area contributed by atoms with Gasteiger partial charge in [0.15, 0.2) is 0 Å². The molecule has 0 saturated carbocycles. The normalized spacial score (nSPS) is 14.0. The van der Waals surface area contributed by atoms with E-state index in [1.165, 1.54) is 0 Å². The highest BCUT2D eigenvalue weighted by Crippen LogP contribution is 2.22. The molecule has 1 aromatic rings. The van der Waals surface area contributed by atoms with Crippen molar-refractivity contribution in [2.75, 3.05) is 6.61 Å². The van der Waals surface area contributed by atoms with Crippen molar-refractivity contribution in [1.29, 1.82) is 0 Å². The number of ether oxygens (including phenoxy) is 1. The Labute approximate surface area is 91.0 Å². The fraction of sp³-hybridized carbons (Fsp3) is 0.500. The van der Waals surface area contributed by atoms with E-state index >= 15 is 0 Å². The first kappa shape index (κ1) is 11.5. The second-order valence-electron chi connectivity index (χ2n) is 4.30. The van der Waals surface area contributed by atoms with E-state index in [0.29, 0.717) is 6.61 Å². The standard InChI is InChI=1S/C12H17ClO/c1-12(2,3)14-9-11(13)10-7-5-4-6-8-10/h4-8,11H,9H2,1-3H3. The topological polar surface area (TPSA) is 9.23 Å². The predicted molar refractivity (Wildman–Crippen MR) is 60.7 cm³/mol. The van der Waals surface area contributed by atoms with E-state index in [1.54, 1.807) is 0 Å². The Hall–Kier alpha value is -0.530. The van der Waals surface area contributed by atoms with Crippen LogP contribution >= 0.6 is 11.6 Å². The molecule has 1 nitrogen and oxygen atoms in total. The summed E-state index contributed by atoms with van der Waals surface area (Å²) in [5.74, 6) is 0. The molecule has 1 rings (SSSR count). The zero-order valence-corrected chi connectivity index (χ0v) is 9.71. The lowest BCUT2D eigenvalue weighted by Gasteiger charge is -2.21. The summed E-state index contributed by atoms with van der Waals surface area (Å²) >= 11 is 6.19. The van der Waals surface area contributed by atoms with Crippen molar-refractivity contribution in [2.45, 2.75) is 31.7 Å². The number of rotatable bonds is 3. The molecular weight excluding hydrogens is 196 g/mol. The second kappa shape index (κ2) is 4.81. The van der Waals surface area contributed by atoms with Gasteiger partial charge in [-0.2, -0.15) is 0 Å². The van der Waals surface area contributed by atoms with Crippen LogP contribution in [0, 0.1) is 0 Å². The van der Waals surface area contributed by atoms with Gasteiger partial charge in [-0.25, -0.2) is 0 Å². The molecule has 0 aliphatic rings. The maximum atomic E-state index is 6.19. The highest BCUT2D eigenvalue weighted by molar-refractivity contribution is 6.20. The molecule has 1 unspecified atom stereocenters. The van der Waals surface area contributed by atoms with E-state index in [9.17, 15) is 0 Å². The number of hydrogen-bond acceptors (Lipinski definition) is 1. The van der Waals surface area contributed by atoms with Gasteiger partial charge in [0, 0.05) is 0 Å². The zero-order valence-electron chi connectivity index (χ0n) is 8.96. The quantitative estimate of drug-likeness (QED) is 0.693. The summed E-state index contributed by atoms with van der Waals surface area (Å²) in [5, 5.41) is -0.0598. The summed E-state index contributed by atoms with van der Waals surface area (Å²) < 4.78 is 5.61. The Balaban J connectivity index is 2.48. The van der Waals surface area contributed by atoms with Crippen LogP contribution in [-0.4, -0.2) is 12.2 Å². The van der Waals surface area contributed by atoms with Gasteiger partial charge >= 0.3 is 0 Å². The van der Waals surface area contributed by atoms with Gasteiger partial charge in [0.05, 0.1) is 17.6 Å². The molecule has 78 valence electrons. The van der Waals surface area contributed by atoms with Crippen molar-refractivity contribution in [3.63, 3.8) is 0 Å². The highest BCUT2D eigenvalue weighted by Gasteiger charge is 2.14. The molecule has 2 heteroatoms. The lowest BCUT2D eigenvalue weighted by atomic mass is 10.1. The molecule has 0 saturated heterocycles. The van der Waals surface area contributed by atoms with Gasteiger partial charge in [-0.1, -0.05) is 30.3 Å². The molecule has 0 aliphatic carbocycles. The predicted octanol–water partition coefficient (Wildman–Crippen LogP) is 3.78. The van der Waals surface area contributed by atoms with Crippen LogP contribution in [0.25, 0.3) is 0 Å². The first-order chi connectivity index (χ1) is 6.49. The molecule has 0 spiro atoms. The molecule has 0 amide bonds.